The Morgan fingerprint density at radius 3 is 3.03 bits per heavy atom. The van der Waals surface area contributed by atoms with Crippen LogP contribution in [0.1, 0.15) is 28.6 Å². The summed E-state index contributed by atoms with van der Waals surface area (Å²) < 4.78 is 12.6. The van der Waals surface area contributed by atoms with E-state index in [4.69, 9.17) is 14.5 Å². The van der Waals surface area contributed by atoms with Gasteiger partial charge >= 0.3 is 0 Å². The fourth-order valence-corrected chi connectivity index (χ4v) is 4.48. The molecule has 0 fully saturated rings. The van der Waals surface area contributed by atoms with Crippen molar-refractivity contribution in [2.24, 2.45) is 0 Å². The van der Waals surface area contributed by atoms with E-state index in [0.717, 1.165) is 34.9 Å². The van der Waals surface area contributed by atoms with Crippen molar-refractivity contribution in [3.05, 3.63) is 82.1 Å². The van der Waals surface area contributed by atoms with Gasteiger partial charge in [0.1, 0.15) is 17.2 Å². The Hall–Kier alpha value is -4.22. The molecule has 2 N–H and O–H groups in total. The molecule has 0 saturated carbocycles. The Bertz CT molecular complexity index is 1530. The van der Waals surface area contributed by atoms with E-state index in [2.05, 4.69) is 30.6 Å². The topological polar surface area (TPSA) is 129 Å². The molecule has 0 bridgehead atoms. The molecule has 1 unspecified atom stereocenters. The summed E-state index contributed by atoms with van der Waals surface area (Å²) in [7, 11) is 1.53. The second-order valence-corrected chi connectivity index (χ2v) is 8.62. The third kappa shape index (κ3) is 4.18. The molecule has 2 aliphatic rings. The summed E-state index contributed by atoms with van der Waals surface area (Å²) in [4.78, 5) is 35.2. The number of rotatable bonds is 6. The third-order valence-electron chi connectivity index (χ3n) is 6.26. The molecule has 2 aliphatic heterocycles. The summed E-state index contributed by atoms with van der Waals surface area (Å²) in [5, 5.41) is 6.60. The van der Waals surface area contributed by atoms with Crippen molar-refractivity contribution in [1.82, 2.24) is 34.8 Å². The SMILES string of the molecule is COc1ccc2ncc(=O)n(-c3cnc4c(c3)COCC4CNCc3ncc4c(n3)NC=CC4)c2n1. The van der Waals surface area contributed by atoms with Gasteiger partial charge in [-0.05, 0) is 24.8 Å². The van der Waals surface area contributed by atoms with Gasteiger partial charge in [-0.25, -0.2) is 15.0 Å². The van der Waals surface area contributed by atoms with E-state index in [1.54, 1.807) is 18.3 Å². The van der Waals surface area contributed by atoms with Gasteiger partial charge in [-0.15, -0.1) is 0 Å². The number of hydrogen-bond acceptors (Lipinski definition) is 10. The van der Waals surface area contributed by atoms with Gasteiger partial charge < -0.3 is 20.1 Å². The van der Waals surface area contributed by atoms with Crippen LogP contribution in [0, 0.1) is 0 Å². The van der Waals surface area contributed by atoms with Crippen LogP contribution in [0.25, 0.3) is 16.9 Å². The van der Waals surface area contributed by atoms with E-state index in [1.807, 2.05) is 24.5 Å². The number of allylic oxidation sites excluding steroid dienone is 1. The number of aromatic nitrogens is 6. The van der Waals surface area contributed by atoms with Crippen molar-refractivity contribution >= 4 is 17.0 Å². The molecule has 0 saturated heterocycles. The minimum atomic E-state index is -0.296. The predicted molar refractivity (Wildman–Crippen MR) is 132 cm³/mol. The van der Waals surface area contributed by atoms with E-state index in [-0.39, 0.29) is 11.5 Å². The van der Waals surface area contributed by atoms with Gasteiger partial charge in [0.05, 0.1) is 50.6 Å². The molecule has 4 aromatic heterocycles. The molecule has 0 spiro atoms. The Morgan fingerprint density at radius 1 is 1.17 bits per heavy atom. The zero-order chi connectivity index (χ0) is 24.5. The highest BCUT2D eigenvalue weighted by Gasteiger charge is 2.23. The van der Waals surface area contributed by atoms with Gasteiger partial charge in [-0.1, -0.05) is 6.08 Å². The number of anilines is 1. The molecule has 4 aromatic rings. The fraction of sp³-hybridized carbons (Fsp3) is 0.280. The molecular weight excluding hydrogens is 460 g/mol. The number of hydrogen-bond donors (Lipinski definition) is 2. The molecule has 0 aliphatic carbocycles. The van der Waals surface area contributed by atoms with Gasteiger partial charge in [-0.3, -0.25) is 14.3 Å². The van der Waals surface area contributed by atoms with E-state index < -0.39 is 0 Å². The molecule has 182 valence electrons. The molecule has 11 nitrogen and oxygen atoms in total. The van der Waals surface area contributed by atoms with Gasteiger partial charge in [0.25, 0.3) is 5.56 Å². The number of fused-ring (bicyclic) bond motifs is 3. The highest BCUT2D eigenvalue weighted by Crippen LogP contribution is 2.27. The predicted octanol–water partition coefficient (Wildman–Crippen LogP) is 1.86. The summed E-state index contributed by atoms with van der Waals surface area (Å²) in [6, 6.07) is 5.42. The molecule has 0 amide bonds. The van der Waals surface area contributed by atoms with Crippen LogP contribution in [-0.4, -0.2) is 49.7 Å². The van der Waals surface area contributed by atoms with Crippen LogP contribution in [-0.2, 0) is 24.3 Å². The maximum absolute atomic E-state index is 12.8. The first-order chi connectivity index (χ1) is 17.7. The Labute approximate surface area is 206 Å². The molecule has 1 atom stereocenters. The molecule has 36 heavy (non-hydrogen) atoms. The van der Waals surface area contributed by atoms with Crippen molar-refractivity contribution < 1.29 is 9.47 Å². The lowest BCUT2D eigenvalue weighted by Crippen LogP contribution is -2.29. The van der Waals surface area contributed by atoms with Crippen molar-refractivity contribution in [2.45, 2.75) is 25.5 Å². The van der Waals surface area contributed by atoms with Crippen LogP contribution in [0.3, 0.4) is 0 Å². The standard InChI is InChI=1S/C25H24N8O3/c1-35-21-5-4-19-25(32-21)33(22(34)12-28-19)18-7-16-13-36-14-17(23(16)30-10-18)8-26-11-20-29-9-15-3-2-6-27-24(15)31-20/h2,4-7,9-10,12,17,26H,3,8,11,13-14H2,1H3,(H,27,29,31). The smallest absolute Gasteiger partial charge is 0.275 e. The van der Waals surface area contributed by atoms with Crippen molar-refractivity contribution in [1.29, 1.82) is 0 Å². The summed E-state index contributed by atoms with van der Waals surface area (Å²) in [6.07, 6.45) is 9.64. The number of methoxy groups -OCH3 is 1. The van der Waals surface area contributed by atoms with E-state index >= 15 is 0 Å². The van der Waals surface area contributed by atoms with Crippen LogP contribution in [0.2, 0.25) is 0 Å². The van der Waals surface area contributed by atoms with Crippen LogP contribution in [0.15, 0.2) is 53.9 Å². The highest BCUT2D eigenvalue weighted by atomic mass is 16.5. The highest BCUT2D eigenvalue weighted by molar-refractivity contribution is 5.72. The lowest BCUT2D eigenvalue weighted by atomic mass is 9.98. The molecular formula is C25H24N8O3. The summed E-state index contributed by atoms with van der Waals surface area (Å²) in [5.41, 5.74) is 4.28. The van der Waals surface area contributed by atoms with Gasteiger partial charge in [-0.2, -0.15) is 4.98 Å². The summed E-state index contributed by atoms with van der Waals surface area (Å²) in [5.74, 6) is 2.05. The second kappa shape index (κ2) is 9.44. The van der Waals surface area contributed by atoms with Gasteiger partial charge in [0, 0.05) is 35.9 Å². The van der Waals surface area contributed by atoms with Gasteiger partial charge in [0.2, 0.25) is 5.88 Å². The van der Waals surface area contributed by atoms with Gasteiger partial charge in [0.15, 0.2) is 5.65 Å². The molecule has 0 radical (unpaired) electrons. The van der Waals surface area contributed by atoms with Crippen LogP contribution in [0.4, 0.5) is 5.82 Å². The van der Waals surface area contributed by atoms with Crippen molar-refractivity contribution in [3.63, 3.8) is 0 Å². The zero-order valence-electron chi connectivity index (χ0n) is 19.6. The third-order valence-corrected chi connectivity index (χ3v) is 6.26. The van der Waals surface area contributed by atoms with E-state index in [1.165, 1.54) is 17.9 Å². The Morgan fingerprint density at radius 2 is 2.11 bits per heavy atom. The first-order valence-corrected chi connectivity index (χ1v) is 11.7. The average molecular weight is 485 g/mol. The van der Waals surface area contributed by atoms with Crippen LogP contribution < -0.4 is 20.9 Å². The average Bonchev–Trinajstić information content (AvgIpc) is 2.92. The summed E-state index contributed by atoms with van der Waals surface area (Å²) in [6.45, 7) is 2.17. The zero-order valence-corrected chi connectivity index (χ0v) is 19.6. The van der Waals surface area contributed by atoms with E-state index in [9.17, 15) is 4.79 Å². The Balaban J connectivity index is 1.23. The number of nitrogens with one attached hydrogen (secondary N) is 2. The molecule has 11 heteroatoms. The maximum atomic E-state index is 12.8. The number of pyridine rings is 2. The van der Waals surface area contributed by atoms with Crippen molar-refractivity contribution in [2.75, 3.05) is 25.6 Å². The second-order valence-electron chi connectivity index (χ2n) is 8.62. The minimum absolute atomic E-state index is 0.0608. The maximum Gasteiger partial charge on any atom is 0.275 e. The lowest BCUT2D eigenvalue weighted by molar-refractivity contribution is 0.0886. The lowest BCUT2D eigenvalue weighted by Gasteiger charge is -2.25. The minimum Gasteiger partial charge on any atom is -0.481 e. The monoisotopic (exact) mass is 484 g/mol. The fourth-order valence-electron chi connectivity index (χ4n) is 4.48. The van der Waals surface area contributed by atoms with Crippen LogP contribution in [0.5, 0.6) is 5.88 Å². The quantitative estimate of drug-likeness (QED) is 0.418. The molecule has 6 rings (SSSR count). The Kier molecular flexibility index (Phi) is 5.84. The van der Waals surface area contributed by atoms with Crippen LogP contribution >= 0.6 is 0 Å². The first kappa shape index (κ1) is 22.3. The van der Waals surface area contributed by atoms with Crippen molar-refractivity contribution in [3.8, 4) is 11.6 Å². The number of nitrogens with zero attached hydrogens (tertiary/aromatic N) is 6. The first-order valence-electron chi connectivity index (χ1n) is 11.7. The molecule has 0 aromatic carbocycles. The molecule has 6 heterocycles. The summed E-state index contributed by atoms with van der Waals surface area (Å²) >= 11 is 0. The normalized spacial score (nSPS) is 16.3. The number of ether oxygens (including phenoxy) is 2. The largest absolute Gasteiger partial charge is 0.481 e. The van der Waals surface area contributed by atoms with E-state index in [0.29, 0.717) is 49.0 Å².